The minimum atomic E-state index is 1.17. The van der Waals surface area contributed by atoms with Crippen molar-refractivity contribution in [1.82, 2.24) is 4.98 Å². The zero-order chi connectivity index (χ0) is 24.3. The molecule has 8 aromatic rings. The van der Waals surface area contributed by atoms with Crippen LogP contribution in [0.25, 0.3) is 76.4 Å². The second kappa shape index (κ2) is 7.81. The Balaban J connectivity index is 1.39. The predicted octanol–water partition coefficient (Wildman–Crippen LogP) is 10.1. The summed E-state index contributed by atoms with van der Waals surface area (Å²) in [5.41, 5.74) is 7.29. The first-order chi connectivity index (χ1) is 18.3. The van der Waals surface area contributed by atoms with Crippen LogP contribution >= 0.6 is 0 Å². The van der Waals surface area contributed by atoms with Crippen molar-refractivity contribution < 1.29 is 0 Å². The van der Waals surface area contributed by atoms with Crippen LogP contribution in [0.4, 0.5) is 0 Å². The third-order valence-electron chi connectivity index (χ3n) is 7.80. The molecule has 0 saturated carbocycles. The molecule has 1 heteroatoms. The summed E-state index contributed by atoms with van der Waals surface area (Å²) in [5, 5.41) is 10.3. The lowest BCUT2D eigenvalue weighted by Crippen LogP contribution is -1.85. The molecular formula is C36H23N. The van der Waals surface area contributed by atoms with E-state index in [1.54, 1.807) is 0 Å². The van der Waals surface area contributed by atoms with E-state index in [0.717, 1.165) is 0 Å². The maximum Gasteiger partial charge on any atom is 0.0544 e. The molecule has 37 heavy (non-hydrogen) atoms. The van der Waals surface area contributed by atoms with Crippen molar-refractivity contribution in [3.63, 3.8) is 0 Å². The van der Waals surface area contributed by atoms with Crippen LogP contribution < -0.4 is 0 Å². The van der Waals surface area contributed by atoms with Crippen molar-refractivity contribution in [3.05, 3.63) is 133 Å². The van der Waals surface area contributed by atoms with Crippen molar-refractivity contribution in [2.24, 2.45) is 0 Å². The standard InChI is InChI=1S/C36H23N/c1-2-9-23(10-3-1)24-18-20-35-34(21-24)32-16-8-15-26(36(32)37-35)25-17-19-31-29-13-5-4-11-27(29)28-12-6-7-14-30(28)33(31)22-25/h1-22,37H. The highest BCUT2D eigenvalue weighted by Gasteiger charge is 2.13. The van der Waals surface area contributed by atoms with Crippen molar-refractivity contribution >= 4 is 54.1 Å². The zero-order valence-corrected chi connectivity index (χ0v) is 20.2. The van der Waals surface area contributed by atoms with Gasteiger partial charge in [-0.2, -0.15) is 0 Å². The van der Waals surface area contributed by atoms with Gasteiger partial charge in [-0.15, -0.1) is 0 Å². The molecule has 0 bridgehead atoms. The molecule has 0 aliphatic rings. The third kappa shape index (κ3) is 3.04. The van der Waals surface area contributed by atoms with E-state index in [4.69, 9.17) is 0 Å². The van der Waals surface area contributed by atoms with Gasteiger partial charge in [-0.25, -0.2) is 0 Å². The zero-order valence-electron chi connectivity index (χ0n) is 20.2. The summed E-state index contributed by atoms with van der Waals surface area (Å²) in [5.74, 6) is 0. The van der Waals surface area contributed by atoms with E-state index < -0.39 is 0 Å². The van der Waals surface area contributed by atoms with E-state index in [9.17, 15) is 0 Å². The Hall–Kier alpha value is -4.88. The van der Waals surface area contributed by atoms with Gasteiger partial charge in [0.1, 0.15) is 0 Å². The summed E-state index contributed by atoms with van der Waals surface area (Å²) in [6.07, 6.45) is 0. The molecule has 0 fully saturated rings. The Morgan fingerprint density at radius 1 is 0.324 bits per heavy atom. The molecule has 1 aromatic heterocycles. The van der Waals surface area contributed by atoms with Crippen molar-refractivity contribution in [2.45, 2.75) is 0 Å². The van der Waals surface area contributed by atoms with Gasteiger partial charge in [0, 0.05) is 21.9 Å². The van der Waals surface area contributed by atoms with Crippen LogP contribution in [0.3, 0.4) is 0 Å². The fourth-order valence-electron chi connectivity index (χ4n) is 6.05. The molecule has 1 N–H and O–H groups in total. The van der Waals surface area contributed by atoms with Crippen LogP contribution in [0.15, 0.2) is 133 Å². The first kappa shape index (κ1) is 20.3. The monoisotopic (exact) mass is 469 g/mol. The van der Waals surface area contributed by atoms with Crippen molar-refractivity contribution in [2.75, 3.05) is 0 Å². The number of hydrogen-bond acceptors (Lipinski definition) is 0. The molecule has 7 aromatic carbocycles. The van der Waals surface area contributed by atoms with Gasteiger partial charge in [0.25, 0.3) is 0 Å². The normalized spacial score (nSPS) is 11.8. The van der Waals surface area contributed by atoms with Gasteiger partial charge in [-0.05, 0) is 67.2 Å². The fraction of sp³-hybridized carbons (Fsp3) is 0. The number of H-pyrrole nitrogens is 1. The maximum atomic E-state index is 3.74. The molecule has 0 saturated heterocycles. The average Bonchev–Trinajstić information content (AvgIpc) is 3.36. The molecule has 1 heterocycles. The number of nitrogens with one attached hydrogen (secondary N) is 1. The van der Waals surface area contributed by atoms with Crippen molar-refractivity contribution in [1.29, 1.82) is 0 Å². The van der Waals surface area contributed by atoms with E-state index in [2.05, 4.69) is 138 Å². The van der Waals surface area contributed by atoms with Gasteiger partial charge in [0.2, 0.25) is 0 Å². The lowest BCUT2D eigenvalue weighted by atomic mass is 9.91. The Morgan fingerprint density at radius 3 is 1.62 bits per heavy atom. The largest absolute Gasteiger partial charge is 0.354 e. The highest BCUT2D eigenvalue weighted by molar-refractivity contribution is 6.26. The second-order valence-electron chi connectivity index (χ2n) is 9.83. The number of aromatic nitrogens is 1. The molecule has 8 rings (SSSR count). The molecule has 0 atom stereocenters. The molecule has 172 valence electrons. The van der Waals surface area contributed by atoms with Gasteiger partial charge in [0.15, 0.2) is 0 Å². The summed E-state index contributed by atoms with van der Waals surface area (Å²) in [4.78, 5) is 3.74. The number of fused-ring (bicyclic) bond motifs is 9. The van der Waals surface area contributed by atoms with Crippen LogP contribution in [0.5, 0.6) is 0 Å². The summed E-state index contributed by atoms with van der Waals surface area (Å²) < 4.78 is 0. The summed E-state index contributed by atoms with van der Waals surface area (Å²) in [7, 11) is 0. The third-order valence-corrected chi connectivity index (χ3v) is 7.80. The number of aromatic amines is 1. The first-order valence-corrected chi connectivity index (χ1v) is 12.8. The minimum Gasteiger partial charge on any atom is -0.354 e. The van der Waals surface area contributed by atoms with Gasteiger partial charge in [0.05, 0.1) is 5.52 Å². The second-order valence-corrected chi connectivity index (χ2v) is 9.83. The molecule has 0 amide bonds. The Kier molecular flexibility index (Phi) is 4.29. The van der Waals surface area contributed by atoms with Gasteiger partial charge in [-0.3, -0.25) is 0 Å². The van der Waals surface area contributed by atoms with Gasteiger partial charge < -0.3 is 4.98 Å². The minimum absolute atomic E-state index is 1.17. The molecule has 0 aliphatic heterocycles. The molecule has 0 unspecified atom stereocenters. The summed E-state index contributed by atoms with van der Waals surface area (Å²) >= 11 is 0. The number of hydrogen-bond donors (Lipinski definition) is 1. The van der Waals surface area contributed by atoms with Crippen LogP contribution in [0, 0.1) is 0 Å². The van der Waals surface area contributed by atoms with Crippen molar-refractivity contribution in [3.8, 4) is 22.3 Å². The smallest absolute Gasteiger partial charge is 0.0544 e. The van der Waals surface area contributed by atoms with E-state index >= 15 is 0 Å². The van der Waals surface area contributed by atoms with E-state index in [1.165, 1.54) is 76.4 Å². The average molecular weight is 470 g/mol. The molecule has 0 radical (unpaired) electrons. The quantitative estimate of drug-likeness (QED) is 0.242. The Morgan fingerprint density at radius 2 is 0.892 bits per heavy atom. The highest BCUT2D eigenvalue weighted by Crippen LogP contribution is 2.39. The molecular weight excluding hydrogens is 446 g/mol. The molecule has 1 nitrogen and oxygen atoms in total. The Bertz CT molecular complexity index is 2100. The Labute approximate surface area is 214 Å². The number of benzene rings is 7. The molecule has 0 spiro atoms. The van der Waals surface area contributed by atoms with Gasteiger partial charge >= 0.3 is 0 Å². The number of rotatable bonds is 2. The lowest BCUT2D eigenvalue weighted by molar-refractivity contribution is 1.54. The first-order valence-electron chi connectivity index (χ1n) is 12.8. The van der Waals surface area contributed by atoms with Crippen LogP contribution in [0.1, 0.15) is 0 Å². The van der Waals surface area contributed by atoms with Gasteiger partial charge in [-0.1, -0.05) is 115 Å². The van der Waals surface area contributed by atoms with Crippen LogP contribution in [-0.4, -0.2) is 4.98 Å². The van der Waals surface area contributed by atoms with Crippen LogP contribution in [-0.2, 0) is 0 Å². The van der Waals surface area contributed by atoms with E-state index in [-0.39, 0.29) is 0 Å². The van der Waals surface area contributed by atoms with Crippen LogP contribution in [0.2, 0.25) is 0 Å². The number of para-hydroxylation sites is 1. The summed E-state index contributed by atoms with van der Waals surface area (Å²) in [6.45, 7) is 0. The topological polar surface area (TPSA) is 15.8 Å². The lowest BCUT2D eigenvalue weighted by Gasteiger charge is -2.12. The highest BCUT2D eigenvalue weighted by atomic mass is 14.7. The van der Waals surface area contributed by atoms with E-state index in [1.807, 2.05) is 0 Å². The fourth-order valence-corrected chi connectivity index (χ4v) is 6.05. The SMILES string of the molecule is c1ccc(-c2ccc3[nH]c4c(-c5ccc6c7ccccc7c7ccccc7c6c5)cccc4c3c2)cc1. The predicted molar refractivity (Wildman–Crippen MR) is 159 cm³/mol. The summed E-state index contributed by atoms with van der Waals surface area (Å²) in [6, 6.07) is 48.5. The maximum absolute atomic E-state index is 3.74. The van der Waals surface area contributed by atoms with E-state index in [0.29, 0.717) is 0 Å². The molecule has 0 aliphatic carbocycles.